The molecule has 2 atom stereocenters. The predicted octanol–water partition coefficient (Wildman–Crippen LogP) is 6.75. The number of carbonyl (C=O) groups is 2. The highest BCUT2D eigenvalue weighted by Gasteiger charge is 2.32. The summed E-state index contributed by atoms with van der Waals surface area (Å²) >= 11 is 12.1. The summed E-state index contributed by atoms with van der Waals surface area (Å²) in [5.41, 5.74) is 2.90. The Hall–Kier alpha value is -3.55. The number of hydrogen-bond acceptors (Lipinski definition) is 5. The number of fused-ring (bicyclic) bond motifs is 1. The lowest BCUT2D eigenvalue weighted by Crippen LogP contribution is -2.43. The van der Waals surface area contributed by atoms with E-state index in [-0.39, 0.29) is 48.1 Å². The summed E-state index contributed by atoms with van der Waals surface area (Å²) < 4.78 is 5.41. The van der Waals surface area contributed by atoms with Gasteiger partial charge in [0, 0.05) is 37.2 Å². The molecule has 0 spiro atoms. The third-order valence-electron chi connectivity index (χ3n) is 6.77. The third-order valence-corrected chi connectivity index (χ3v) is 7.51. The van der Waals surface area contributed by atoms with E-state index in [0.29, 0.717) is 40.9 Å². The zero-order valence-electron chi connectivity index (χ0n) is 19.9. The Kier molecular flexibility index (Phi) is 7.35. The molecule has 5 rings (SSSR count). The number of Topliss-reactive ketones (excluding diaryl/α,β-unsaturated/α-hetero) is 1. The monoisotopic (exact) mass is 537 g/mol. The van der Waals surface area contributed by atoms with Gasteiger partial charge in [0.2, 0.25) is 0 Å². The van der Waals surface area contributed by atoms with Gasteiger partial charge in [0.1, 0.15) is 11.5 Å². The van der Waals surface area contributed by atoms with E-state index in [1.54, 1.807) is 35.4 Å². The van der Waals surface area contributed by atoms with E-state index in [2.05, 4.69) is 10.3 Å². The molecule has 7 nitrogen and oxygen atoms in total. The number of halogens is 2. The Morgan fingerprint density at radius 2 is 1.97 bits per heavy atom. The average molecular weight is 538 g/mol. The highest BCUT2D eigenvalue weighted by atomic mass is 35.5. The Morgan fingerprint density at radius 3 is 2.73 bits per heavy atom. The minimum absolute atomic E-state index is 0.000314. The molecule has 1 unspecified atom stereocenters. The quantitative estimate of drug-likeness (QED) is 0.352. The zero-order chi connectivity index (χ0) is 25.9. The first-order chi connectivity index (χ1) is 17.9. The molecule has 0 saturated heterocycles. The lowest BCUT2D eigenvalue weighted by Gasteiger charge is -2.36. The van der Waals surface area contributed by atoms with Gasteiger partial charge in [-0.25, -0.2) is 4.79 Å². The fourth-order valence-electron chi connectivity index (χ4n) is 4.89. The topological polar surface area (TPSA) is 95.1 Å². The number of nitrogens with one attached hydrogen (secondary N) is 1. The van der Waals surface area contributed by atoms with E-state index >= 15 is 0 Å². The molecule has 0 saturated carbocycles. The smallest absolute Gasteiger partial charge is 0.322 e. The van der Waals surface area contributed by atoms with E-state index in [1.165, 1.54) is 6.21 Å². The molecule has 37 heavy (non-hydrogen) atoms. The molecule has 2 heterocycles. The van der Waals surface area contributed by atoms with Crippen LogP contribution in [0.2, 0.25) is 10.0 Å². The number of aliphatic imine (C=N–C) groups is 1. The molecule has 1 aliphatic heterocycles. The first kappa shape index (κ1) is 25.1. The van der Waals surface area contributed by atoms with Crippen LogP contribution in [0, 0.1) is 0 Å². The van der Waals surface area contributed by atoms with Crippen molar-refractivity contribution >= 4 is 46.9 Å². The van der Waals surface area contributed by atoms with Gasteiger partial charge in [-0.15, -0.1) is 0 Å². The number of urea groups is 1. The number of carbonyl (C=O) groups excluding carboxylic acids is 2. The molecule has 9 heteroatoms. The number of aliphatic hydroxyl groups is 1. The van der Waals surface area contributed by atoms with Crippen molar-refractivity contribution < 1.29 is 19.1 Å². The number of amides is 2. The second-order valence-corrected chi connectivity index (χ2v) is 9.93. The lowest BCUT2D eigenvalue weighted by atomic mass is 9.86. The number of ketones is 1. The van der Waals surface area contributed by atoms with Crippen molar-refractivity contribution in [3.63, 3.8) is 0 Å². The average Bonchev–Trinajstić information content (AvgIpc) is 3.43. The van der Waals surface area contributed by atoms with Crippen LogP contribution in [-0.2, 0) is 11.2 Å². The Balaban J connectivity index is 1.35. The normalized spacial score (nSPS) is 19.8. The molecule has 190 valence electrons. The summed E-state index contributed by atoms with van der Waals surface area (Å²) in [7, 11) is 0. The van der Waals surface area contributed by atoms with Crippen LogP contribution in [0.1, 0.15) is 41.7 Å². The number of furan rings is 1. The molecule has 1 aromatic heterocycles. The van der Waals surface area contributed by atoms with Gasteiger partial charge in [0.25, 0.3) is 0 Å². The van der Waals surface area contributed by atoms with E-state index in [9.17, 15) is 14.7 Å². The van der Waals surface area contributed by atoms with Crippen molar-refractivity contribution in [3.8, 4) is 0 Å². The fraction of sp³-hybridized carbons (Fsp3) is 0.250. The minimum atomic E-state index is -0.346. The molecular formula is C28H25Cl2N3O4. The highest BCUT2D eigenvalue weighted by molar-refractivity contribution is 6.42. The maximum Gasteiger partial charge on any atom is 0.322 e. The van der Waals surface area contributed by atoms with Gasteiger partial charge < -0.3 is 19.7 Å². The molecule has 2 N–H and O–H groups in total. The van der Waals surface area contributed by atoms with Crippen molar-refractivity contribution in [3.05, 3.63) is 99.1 Å². The number of benzene rings is 2. The van der Waals surface area contributed by atoms with Gasteiger partial charge in [-0.2, -0.15) is 0 Å². The number of aliphatic hydroxyl groups excluding tert-OH is 1. The molecule has 2 aromatic carbocycles. The van der Waals surface area contributed by atoms with Gasteiger partial charge in [0.05, 0.1) is 34.5 Å². The van der Waals surface area contributed by atoms with Crippen LogP contribution >= 0.6 is 23.2 Å². The SMILES string of the molecule is O=C1CC(c2ccco2)CC(O)=C1C=NC[C@H]1c2ccccc2CCN1C(=O)Nc1ccc(Cl)c(Cl)c1. The number of allylic oxidation sites excluding steroid dienone is 2. The maximum atomic E-state index is 13.3. The maximum absolute atomic E-state index is 13.3. The second-order valence-electron chi connectivity index (χ2n) is 9.12. The van der Waals surface area contributed by atoms with Crippen molar-refractivity contribution in [2.75, 3.05) is 18.4 Å². The van der Waals surface area contributed by atoms with Crippen molar-refractivity contribution in [2.45, 2.75) is 31.2 Å². The molecule has 2 amide bonds. The van der Waals surface area contributed by atoms with Gasteiger partial charge in [-0.3, -0.25) is 9.79 Å². The largest absolute Gasteiger partial charge is 0.511 e. The summed E-state index contributed by atoms with van der Waals surface area (Å²) in [5, 5.41) is 14.2. The number of hydrogen-bond donors (Lipinski definition) is 2. The van der Waals surface area contributed by atoms with Gasteiger partial charge in [-0.1, -0.05) is 47.5 Å². The predicted molar refractivity (Wildman–Crippen MR) is 144 cm³/mol. The van der Waals surface area contributed by atoms with E-state index in [1.807, 2.05) is 30.3 Å². The lowest BCUT2D eigenvalue weighted by molar-refractivity contribution is -0.116. The number of rotatable bonds is 5. The summed E-state index contributed by atoms with van der Waals surface area (Å²) in [6.45, 7) is 0.736. The molecule has 0 bridgehead atoms. The minimum Gasteiger partial charge on any atom is -0.511 e. The number of nitrogens with zero attached hydrogens (tertiary/aromatic N) is 2. The second kappa shape index (κ2) is 10.8. The van der Waals surface area contributed by atoms with E-state index in [0.717, 1.165) is 11.1 Å². The van der Waals surface area contributed by atoms with Gasteiger partial charge in [-0.05, 0) is 47.9 Å². The highest BCUT2D eigenvalue weighted by Crippen LogP contribution is 2.34. The van der Waals surface area contributed by atoms with Crippen molar-refractivity contribution in [1.29, 1.82) is 0 Å². The molecule has 0 radical (unpaired) electrons. The van der Waals surface area contributed by atoms with Gasteiger partial charge in [0.15, 0.2) is 5.78 Å². The van der Waals surface area contributed by atoms with Crippen LogP contribution in [0.15, 0.2) is 81.6 Å². The molecule has 3 aromatic rings. The molecule has 1 aliphatic carbocycles. The van der Waals surface area contributed by atoms with Crippen molar-refractivity contribution in [2.24, 2.45) is 4.99 Å². The van der Waals surface area contributed by atoms with E-state index < -0.39 is 0 Å². The number of anilines is 1. The van der Waals surface area contributed by atoms with Crippen LogP contribution in [-0.4, -0.2) is 41.1 Å². The van der Waals surface area contributed by atoms with Crippen LogP contribution < -0.4 is 5.32 Å². The Labute approximate surface area is 224 Å². The third kappa shape index (κ3) is 5.43. The summed E-state index contributed by atoms with van der Waals surface area (Å²) in [4.78, 5) is 32.3. The first-order valence-electron chi connectivity index (χ1n) is 12.0. The molecular weight excluding hydrogens is 513 g/mol. The molecule has 2 aliphatic rings. The van der Waals surface area contributed by atoms with Crippen LogP contribution in [0.25, 0.3) is 0 Å². The zero-order valence-corrected chi connectivity index (χ0v) is 21.4. The Bertz CT molecular complexity index is 1380. The van der Waals surface area contributed by atoms with Crippen molar-refractivity contribution in [1.82, 2.24) is 4.90 Å². The van der Waals surface area contributed by atoms with E-state index in [4.69, 9.17) is 27.6 Å². The summed E-state index contributed by atoms with van der Waals surface area (Å²) in [5.74, 6) is 0.301. The first-order valence-corrected chi connectivity index (χ1v) is 12.8. The fourth-order valence-corrected chi connectivity index (χ4v) is 5.18. The summed E-state index contributed by atoms with van der Waals surface area (Å²) in [6, 6.07) is 15.8. The molecule has 0 fully saturated rings. The van der Waals surface area contributed by atoms with Crippen LogP contribution in [0.4, 0.5) is 10.5 Å². The van der Waals surface area contributed by atoms with Crippen LogP contribution in [0.5, 0.6) is 0 Å². The summed E-state index contributed by atoms with van der Waals surface area (Å²) in [6.07, 6.45) is 4.25. The van der Waals surface area contributed by atoms with Gasteiger partial charge >= 0.3 is 6.03 Å². The van der Waals surface area contributed by atoms with Crippen LogP contribution in [0.3, 0.4) is 0 Å². The Morgan fingerprint density at radius 1 is 1.14 bits per heavy atom. The standard InChI is InChI=1S/C28H25Cl2N3O4/c29-22-8-7-19(14-23(22)30)32-28(36)33-10-9-17-4-1-2-5-20(17)24(33)16-31-15-21-25(34)12-18(13-26(21)35)27-6-3-11-37-27/h1-8,11,14-15,18,24,34H,9-10,12-13,16H2,(H,32,36)/t18?,24-/m0/s1.